The first-order chi connectivity index (χ1) is 15.4. The van der Waals surface area contributed by atoms with Gasteiger partial charge in [0.05, 0.1) is 6.61 Å². The standard InChI is InChI=1S/C25H41N3O5/c1-8-10-11-14-26-22(30)21(19-13-12-17(3)18(4)15-19)28(9-2)23(31)20(16-29)27-24(32)33-25(5,6)7/h12-13,15,20-21,29H,8-11,14,16H2,1-7H3,(H,26,30)(H,27,32). The Morgan fingerprint density at radius 1 is 1.09 bits per heavy atom. The molecule has 0 saturated heterocycles. The molecule has 3 amide bonds. The molecule has 3 N–H and O–H groups in total. The number of aliphatic hydroxyl groups is 1. The number of likely N-dealkylation sites (N-methyl/N-ethyl adjacent to an activating group) is 1. The number of nitrogens with one attached hydrogen (secondary N) is 2. The van der Waals surface area contributed by atoms with Crippen LogP contribution in [0.15, 0.2) is 18.2 Å². The minimum absolute atomic E-state index is 0.214. The highest BCUT2D eigenvalue weighted by Crippen LogP contribution is 2.24. The smallest absolute Gasteiger partial charge is 0.408 e. The highest BCUT2D eigenvalue weighted by atomic mass is 16.6. The number of hydrogen-bond donors (Lipinski definition) is 3. The molecule has 2 unspecified atom stereocenters. The predicted octanol–water partition coefficient (Wildman–Crippen LogP) is 3.39. The molecule has 0 spiro atoms. The van der Waals surface area contributed by atoms with Crippen molar-refractivity contribution in [3.05, 3.63) is 34.9 Å². The van der Waals surface area contributed by atoms with Gasteiger partial charge in [-0.25, -0.2) is 4.79 Å². The molecule has 186 valence electrons. The lowest BCUT2D eigenvalue weighted by molar-refractivity contribution is -0.143. The van der Waals surface area contributed by atoms with Crippen LogP contribution in [0.2, 0.25) is 0 Å². The highest BCUT2D eigenvalue weighted by molar-refractivity contribution is 5.92. The second-order valence-corrected chi connectivity index (χ2v) is 9.25. The summed E-state index contributed by atoms with van der Waals surface area (Å²) >= 11 is 0. The first-order valence-corrected chi connectivity index (χ1v) is 11.7. The van der Waals surface area contributed by atoms with Crippen LogP contribution in [0.1, 0.15) is 76.6 Å². The Hall–Kier alpha value is -2.61. The molecule has 0 radical (unpaired) electrons. The van der Waals surface area contributed by atoms with Gasteiger partial charge in [0.1, 0.15) is 17.7 Å². The normalized spacial score (nSPS) is 13.1. The topological polar surface area (TPSA) is 108 Å². The molecule has 0 aliphatic heterocycles. The molecule has 1 rings (SSSR count). The fraction of sp³-hybridized carbons (Fsp3) is 0.640. The number of benzene rings is 1. The summed E-state index contributed by atoms with van der Waals surface area (Å²) in [6, 6.07) is 3.53. The minimum Gasteiger partial charge on any atom is -0.444 e. The highest BCUT2D eigenvalue weighted by Gasteiger charge is 2.35. The van der Waals surface area contributed by atoms with Crippen molar-refractivity contribution in [3.63, 3.8) is 0 Å². The van der Waals surface area contributed by atoms with Gasteiger partial charge in [-0.05, 0) is 64.7 Å². The van der Waals surface area contributed by atoms with E-state index in [2.05, 4.69) is 17.6 Å². The first kappa shape index (κ1) is 28.4. The first-order valence-electron chi connectivity index (χ1n) is 11.7. The Balaban J connectivity index is 3.22. The Bertz CT molecular complexity index is 804. The quantitative estimate of drug-likeness (QED) is 0.436. The average Bonchev–Trinajstić information content (AvgIpc) is 2.73. The van der Waals surface area contributed by atoms with Crippen molar-refractivity contribution in [1.29, 1.82) is 0 Å². The Morgan fingerprint density at radius 3 is 2.27 bits per heavy atom. The zero-order valence-corrected chi connectivity index (χ0v) is 21.2. The predicted molar refractivity (Wildman–Crippen MR) is 129 cm³/mol. The average molecular weight is 464 g/mol. The van der Waals surface area contributed by atoms with Crippen LogP contribution in [0.25, 0.3) is 0 Å². The van der Waals surface area contributed by atoms with Crippen molar-refractivity contribution >= 4 is 17.9 Å². The molecular formula is C25H41N3O5. The number of nitrogens with zero attached hydrogens (tertiary/aromatic N) is 1. The van der Waals surface area contributed by atoms with E-state index in [0.29, 0.717) is 12.1 Å². The van der Waals surface area contributed by atoms with Crippen molar-refractivity contribution in [3.8, 4) is 0 Å². The maximum Gasteiger partial charge on any atom is 0.408 e. The molecule has 0 heterocycles. The third-order valence-electron chi connectivity index (χ3n) is 5.28. The van der Waals surface area contributed by atoms with E-state index < -0.39 is 36.3 Å². The number of unbranched alkanes of at least 4 members (excludes halogenated alkanes) is 2. The van der Waals surface area contributed by atoms with Crippen LogP contribution in [0.4, 0.5) is 4.79 Å². The molecule has 0 fully saturated rings. The summed E-state index contributed by atoms with van der Waals surface area (Å²) in [5.41, 5.74) is 2.01. The van der Waals surface area contributed by atoms with Gasteiger partial charge in [0.15, 0.2) is 0 Å². The molecule has 1 aromatic rings. The van der Waals surface area contributed by atoms with E-state index in [1.54, 1.807) is 27.7 Å². The van der Waals surface area contributed by atoms with Crippen LogP contribution in [0, 0.1) is 13.8 Å². The van der Waals surface area contributed by atoms with Crippen molar-refractivity contribution in [1.82, 2.24) is 15.5 Å². The fourth-order valence-corrected chi connectivity index (χ4v) is 3.39. The molecular weight excluding hydrogens is 422 g/mol. The van der Waals surface area contributed by atoms with Gasteiger partial charge in [0, 0.05) is 13.1 Å². The Morgan fingerprint density at radius 2 is 1.76 bits per heavy atom. The molecule has 0 aliphatic carbocycles. The zero-order valence-electron chi connectivity index (χ0n) is 21.2. The van der Waals surface area contributed by atoms with Crippen molar-refractivity contribution in [2.24, 2.45) is 0 Å². The molecule has 1 aromatic carbocycles. The van der Waals surface area contributed by atoms with Gasteiger partial charge in [-0.15, -0.1) is 0 Å². The van der Waals surface area contributed by atoms with E-state index >= 15 is 0 Å². The summed E-state index contributed by atoms with van der Waals surface area (Å²) < 4.78 is 5.22. The van der Waals surface area contributed by atoms with Gasteiger partial charge < -0.3 is 25.4 Å². The molecule has 0 aromatic heterocycles. The molecule has 8 heteroatoms. The van der Waals surface area contributed by atoms with Gasteiger partial charge in [-0.2, -0.15) is 0 Å². The van der Waals surface area contributed by atoms with Crippen molar-refractivity contribution < 1.29 is 24.2 Å². The lowest BCUT2D eigenvalue weighted by Crippen LogP contribution is -2.54. The summed E-state index contributed by atoms with van der Waals surface area (Å²) in [5, 5.41) is 15.2. The minimum atomic E-state index is -1.23. The number of rotatable bonds is 11. The summed E-state index contributed by atoms with van der Waals surface area (Å²) in [7, 11) is 0. The van der Waals surface area contributed by atoms with Crippen LogP contribution < -0.4 is 10.6 Å². The number of carbonyl (C=O) groups is 3. The maximum absolute atomic E-state index is 13.4. The van der Waals surface area contributed by atoms with Crippen LogP contribution in [0.5, 0.6) is 0 Å². The van der Waals surface area contributed by atoms with Crippen LogP contribution in [-0.4, -0.2) is 59.3 Å². The third-order valence-corrected chi connectivity index (χ3v) is 5.28. The maximum atomic E-state index is 13.4. The second kappa shape index (κ2) is 13.2. The number of alkyl carbamates (subject to hydrolysis) is 1. The SMILES string of the molecule is CCCCCNC(=O)C(c1ccc(C)c(C)c1)N(CC)C(=O)C(CO)NC(=O)OC(C)(C)C. The summed E-state index contributed by atoms with van der Waals surface area (Å²) in [4.78, 5) is 40.2. The van der Waals surface area contributed by atoms with E-state index in [-0.39, 0.29) is 12.5 Å². The van der Waals surface area contributed by atoms with E-state index in [1.165, 1.54) is 4.90 Å². The van der Waals surface area contributed by atoms with Crippen LogP contribution >= 0.6 is 0 Å². The summed E-state index contributed by atoms with van der Waals surface area (Å²) in [6.07, 6.45) is 2.07. The number of ether oxygens (including phenoxy) is 1. The number of aliphatic hydroxyl groups excluding tert-OH is 1. The van der Waals surface area contributed by atoms with Gasteiger partial charge in [0.2, 0.25) is 11.8 Å². The number of aryl methyl sites for hydroxylation is 2. The molecule has 0 bridgehead atoms. The molecule has 8 nitrogen and oxygen atoms in total. The van der Waals surface area contributed by atoms with Crippen LogP contribution in [0.3, 0.4) is 0 Å². The molecule has 33 heavy (non-hydrogen) atoms. The zero-order chi connectivity index (χ0) is 25.2. The van der Waals surface area contributed by atoms with E-state index in [9.17, 15) is 19.5 Å². The van der Waals surface area contributed by atoms with Gasteiger partial charge in [-0.3, -0.25) is 9.59 Å². The van der Waals surface area contributed by atoms with E-state index in [0.717, 1.165) is 30.4 Å². The number of carbonyl (C=O) groups excluding carboxylic acids is 3. The van der Waals surface area contributed by atoms with Gasteiger partial charge in [0.25, 0.3) is 0 Å². The fourth-order valence-electron chi connectivity index (χ4n) is 3.39. The molecule has 2 atom stereocenters. The second-order valence-electron chi connectivity index (χ2n) is 9.25. The van der Waals surface area contributed by atoms with Crippen molar-refractivity contribution in [2.45, 2.75) is 85.4 Å². The van der Waals surface area contributed by atoms with E-state index in [4.69, 9.17) is 4.74 Å². The largest absolute Gasteiger partial charge is 0.444 e. The summed E-state index contributed by atoms with van der Waals surface area (Å²) in [5.74, 6) is -0.851. The number of amides is 3. The van der Waals surface area contributed by atoms with Crippen molar-refractivity contribution in [2.75, 3.05) is 19.7 Å². The lowest BCUT2D eigenvalue weighted by Gasteiger charge is -2.33. The lowest BCUT2D eigenvalue weighted by atomic mass is 9.98. The van der Waals surface area contributed by atoms with Gasteiger partial charge in [-0.1, -0.05) is 38.0 Å². The van der Waals surface area contributed by atoms with E-state index in [1.807, 2.05) is 32.0 Å². The van der Waals surface area contributed by atoms with Gasteiger partial charge >= 0.3 is 6.09 Å². The Labute approximate surface area is 198 Å². The monoisotopic (exact) mass is 463 g/mol. The summed E-state index contributed by atoms with van der Waals surface area (Å²) in [6.45, 7) is 13.0. The third kappa shape index (κ3) is 9.04. The number of hydrogen-bond acceptors (Lipinski definition) is 5. The van der Waals surface area contributed by atoms with Crippen LogP contribution in [-0.2, 0) is 14.3 Å². The molecule has 0 saturated carbocycles. The molecule has 0 aliphatic rings. The Kier molecular flexibility index (Phi) is 11.4.